The van der Waals surface area contributed by atoms with Gasteiger partial charge in [0.15, 0.2) is 0 Å². The third kappa shape index (κ3) is 2.42. The molecular formula is C15H10Cl2N2O. The van der Waals surface area contributed by atoms with Crippen LogP contribution in [-0.2, 0) is 4.79 Å². The van der Waals surface area contributed by atoms with Crippen molar-refractivity contribution in [3.63, 3.8) is 0 Å². The summed E-state index contributed by atoms with van der Waals surface area (Å²) in [7, 11) is 0. The van der Waals surface area contributed by atoms with E-state index in [1.54, 1.807) is 18.2 Å². The fourth-order valence-corrected chi connectivity index (χ4v) is 2.41. The van der Waals surface area contributed by atoms with Gasteiger partial charge in [0.2, 0.25) is 5.50 Å². The first-order valence-electron chi connectivity index (χ1n) is 6.03. The van der Waals surface area contributed by atoms with Crippen LogP contribution in [0.25, 0.3) is 0 Å². The molecule has 3 rings (SSSR count). The second-order valence-electron chi connectivity index (χ2n) is 4.36. The molecule has 0 aromatic heterocycles. The van der Waals surface area contributed by atoms with Crippen LogP contribution in [-0.4, -0.2) is 17.1 Å². The minimum atomic E-state index is -0.962. The van der Waals surface area contributed by atoms with Crippen molar-refractivity contribution >= 4 is 40.5 Å². The van der Waals surface area contributed by atoms with Gasteiger partial charge in [-0.05, 0) is 18.2 Å². The summed E-state index contributed by atoms with van der Waals surface area (Å²) in [5.41, 5.74) is 2.00. The van der Waals surface area contributed by atoms with Crippen molar-refractivity contribution in [3.05, 3.63) is 64.7 Å². The fraction of sp³-hybridized carbons (Fsp3) is 0.0667. The van der Waals surface area contributed by atoms with E-state index < -0.39 is 5.50 Å². The Labute approximate surface area is 126 Å². The fourth-order valence-electron chi connectivity index (χ4n) is 2.08. The van der Waals surface area contributed by atoms with Gasteiger partial charge in [-0.1, -0.05) is 53.5 Å². The molecule has 20 heavy (non-hydrogen) atoms. The number of nitrogens with one attached hydrogen (secondary N) is 1. The smallest absolute Gasteiger partial charge is 0.264 e. The largest absolute Gasteiger partial charge is 0.322 e. The number of carbonyl (C=O) groups excluding carboxylic acids is 1. The zero-order chi connectivity index (χ0) is 14.1. The number of carbonyl (C=O) groups is 1. The van der Waals surface area contributed by atoms with E-state index in [1.807, 2.05) is 30.3 Å². The summed E-state index contributed by atoms with van der Waals surface area (Å²) < 4.78 is 0. The number of amides is 1. The first-order chi connectivity index (χ1) is 9.65. The molecule has 1 heterocycles. The number of anilines is 1. The third-order valence-electron chi connectivity index (χ3n) is 3.00. The Morgan fingerprint density at radius 2 is 1.85 bits per heavy atom. The van der Waals surface area contributed by atoms with Crippen molar-refractivity contribution in [2.75, 3.05) is 5.32 Å². The average Bonchev–Trinajstić information content (AvgIpc) is 2.58. The van der Waals surface area contributed by atoms with Crippen molar-refractivity contribution in [3.8, 4) is 0 Å². The second kappa shape index (κ2) is 5.27. The van der Waals surface area contributed by atoms with Crippen LogP contribution in [0.5, 0.6) is 0 Å². The molecule has 5 heteroatoms. The van der Waals surface area contributed by atoms with Gasteiger partial charge >= 0.3 is 0 Å². The van der Waals surface area contributed by atoms with Crippen molar-refractivity contribution in [2.45, 2.75) is 5.50 Å². The van der Waals surface area contributed by atoms with Gasteiger partial charge in [0.05, 0.1) is 11.4 Å². The molecule has 0 unspecified atom stereocenters. The molecule has 0 bridgehead atoms. The van der Waals surface area contributed by atoms with E-state index in [2.05, 4.69) is 10.3 Å². The van der Waals surface area contributed by atoms with Crippen LogP contribution in [0.2, 0.25) is 5.02 Å². The maximum absolute atomic E-state index is 11.9. The second-order valence-corrected chi connectivity index (χ2v) is 5.21. The summed E-state index contributed by atoms with van der Waals surface area (Å²) in [5.74, 6) is -0.346. The number of rotatable bonds is 1. The molecule has 0 aliphatic carbocycles. The SMILES string of the molecule is O=C1Nc2ccc(Cl)cc2C(c2ccccc2)=N[C@@H]1Cl. The van der Waals surface area contributed by atoms with E-state index in [1.165, 1.54) is 0 Å². The van der Waals surface area contributed by atoms with E-state index in [9.17, 15) is 4.79 Å². The maximum atomic E-state index is 11.9. The van der Waals surface area contributed by atoms with Gasteiger partial charge in [-0.25, -0.2) is 0 Å². The highest BCUT2D eigenvalue weighted by atomic mass is 35.5. The molecule has 1 aliphatic heterocycles. The number of hydrogen-bond donors (Lipinski definition) is 1. The first-order valence-corrected chi connectivity index (χ1v) is 6.84. The van der Waals surface area contributed by atoms with Gasteiger partial charge in [-0.15, -0.1) is 0 Å². The molecule has 0 spiro atoms. The van der Waals surface area contributed by atoms with E-state index >= 15 is 0 Å². The van der Waals surface area contributed by atoms with Gasteiger partial charge < -0.3 is 5.32 Å². The number of benzodiazepines with no additional fused rings is 1. The van der Waals surface area contributed by atoms with Crippen LogP contribution >= 0.6 is 23.2 Å². The molecule has 0 fully saturated rings. The van der Waals surface area contributed by atoms with Crippen LogP contribution in [0.1, 0.15) is 11.1 Å². The average molecular weight is 305 g/mol. The Kier molecular flexibility index (Phi) is 3.47. The van der Waals surface area contributed by atoms with E-state index in [0.29, 0.717) is 16.4 Å². The van der Waals surface area contributed by atoms with Gasteiger partial charge in [0, 0.05) is 16.1 Å². The highest BCUT2D eigenvalue weighted by Crippen LogP contribution is 2.27. The van der Waals surface area contributed by atoms with Gasteiger partial charge in [-0.3, -0.25) is 9.79 Å². The number of hydrogen-bond acceptors (Lipinski definition) is 2. The summed E-state index contributed by atoms with van der Waals surface area (Å²) in [6.45, 7) is 0. The lowest BCUT2D eigenvalue weighted by atomic mass is 10.0. The van der Waals surface area contributed by atoms with E-state index in [-0.39, 0.29) is 5.91 Å². The molecule has 1 atom stereocenters. The van der Waals surface area contributed by atoms with Crippen LogP contribution in [0.15, 0.2) is 53.5 Å². The molecule has 0 radical (unpaired) electrons. The van der Waals surface area contributed by atoms with Crippen LogP contribution in [0.4, 0.5) is 5.69 Å². The molecule has 1 amide bonds. The summed E-state index contributed by atoms with van der Waals surface area (Å²) in [5, 5.41) is 3.33. The number of nitrogens with zero attached hydrogens (tertiary/aromatic N) is 1. The molecule has 1 aliphatic rings. The Morgan fingerprint density at radius 3 is 2.60 bits per heavy atom. The van der Waals surface area contributed by atoms with Crippen molar-refractivity contribution in [2.24, 2.45) is 4.99 Å². The first kappa shape index (κ1) is 13.2. The zero-order valence-corrected chi connectivity index (χ0v) is 11.8. The standard InChI is InChI=1S/C15H10Cl2N2O/c16-10-6-7-12-11(8-10)13(9-4-2-1-3-5-9)19-14(17)15(20)18-12/h1-8,14H,(H,18,20)/t14-/m0/s1. The normalized spacial score (nSPS) is 17.8. The van der Waals surface area contributed by atoms with Crippen LogP contribution in [0, 0.1) is 0 Å². The summed E-state index contributed by atoms with van der Waals surface area (Å²) in [4.78, 5) is 16.2. The molecular weight excluding hydrogens is 295 g/mol. The van der Waals surface area contributed by atoms with Gasteiger partial charge in [-0.2, -0.15) is 0 Å². The minimum Gasteiger partial charge on any atom is -0.322 e. The highest BCUT2D eigenvalue weighted by Gasteiger charge is 2.24. The van der Waals surface area contributed by atoms with E-state index in [4.69, 9.17) is 23.2 Å². The molecule has 3 nitrogen and oxygen atoms in total. The molecule has 2 aromatic carbocycles. The highest BCUT2D eigenvalue weighted by molar-refractivity contribution is 6.36. The predicted octanol–water partition coefficient (Wildman–Crippen LogP) is 3.69. The molecule has 0 saturated carbocycles. The third-order valence-corrected chi connectivity index (χ3v) is 3.53. The monoisotopic (exact) mass is 304 g/mol. The van der Waals surface area contributed by atoms with Crippen molar-refractivity contribution in [1.82, 2.24) is 0 Å². The number of alkyl halides is 1. The Balaban J connectivity index is 2.23. The Bertz CT molecular complexity index is 698. The number of benzene rings is 2. The van der Waals surface area contributed by atoms with Crippen molar-refractivity contribution in [1.29, 1.82) is 0 Å². The molecule has 1 N–H and O–H groups in total. The van der Waals surface area contributed by atoms with Crippen molar-refractivity contribution < 1.29 is 4.79 Å². The van der Waals surface area contributed by atoms with Crippen LogP contribution in [0.3, 0.4) is 0 Å². The lowest BCUT2D eigenvalue weighted by molar-refractivity contribution is -0.115. The number of halogens is 2. The zero-order valence-electron chi connectivity index (χ0n) is 10.3. The Hall–Kier alpha value is -1.84. The predicted molar refractivity (Wildman–Crippen MR) is 81.8 cm³/mol. The summed E-state index contributed by atoms with van der Waals surface area (Å²) in [6.07, 6.45) is 0. The minimum absolute atomic E-state index is 0.346. The lowest BCUT2D eigenvalue weighted by Gasteiger charge is -2.10. The summed E-state index contributed by atoms with van der Waals surface area (Å²) >= 11 is 12.1. The molecule has 100 valence electrons. The maximum Gasteiger partial charge on any atom is 0.264 e. The number of aliphatic imine (C=N–C) groups is 1. The van der Waals surface area contributed by atoms with Gasteiger partial charge in [0.25, 0.3) is 5.91 Å². The van der Waals surface area contributed by atoms with Gasteiger partial charge in [0.1, 0.15) is 0 Å². The molecule has 2 aromatic rings. The molecule has 0 saturated heterocycles. The quantitative estimate of drug-likeness (QED) is 0.633. The van der Waals surface area contributed by atoms with E-state index in [0.717, 1.165) is 11.1 Å². The number of fused-ring (bicyclic) bond motifs is 1. The Morgan fingerprint density at radius 1 is 1.10 bits per heavy atom. The lowest BCUT2D eigenvalue weighted by Crippen LogP contribution is -2.20. The van der Waals surface area contributed by atoms with Crippen LogP contribution < -0.4 is 5.32 Å². The summed E-state index contributed by atoms with van der Waals surface area (Å²) in [6, 6.07) is 14.8. The topological polar surface area (TPSA) is 41.5 Å².